The number of carbonyl (C=O) groups excluding carboxylic acids is 2. The topological polar surface area (TPSA) is 52.7 Å². The Morgan fingerprint density at radius 2 is 1.86 bits per heavy atom. The second kappa shape index (κ2) is 7.74. The average Bonchev–Trinajstić information content (AvgIpc) is 2.48. The molecule has 2 amide bonds. The SMILES string of the molecule is CC(=O)N1CCN(CC(=O)N[C@@H](C)c2ccccc2Br)CC1. The minimum Gasteiger partial charge on any atom is -0.348 e. The summed E-state index contributed by atoms with van der Waals surface area (Å²) in [5.74, 6) is 0.117. The van der Waals surface area contributed by atoms with Crippen LogP contribution in [0.1, 0.15) is 25.5 Å². The van der Waals surface area contributed by atoms with Crippen LogP contribution in [0.5, 0.6) is 0 Å². The van der Waals surface area contributed by atoms with Gasteiger partial charge in [-0.3, -0.25) is 14.5 Å². The number of hydrogen-bond donors (Lipinski definition) is 1. The number of piperazine rings is 1. The fourth-order valence-electron chi connectivity index (χ4n) is 2.62. The van der Waals surface area contributed by atoms with Crippen LogP contribution in [0.3, 0.4) is 0 Å². The maximum atomic E-state index is 12.2. The van der Waals surface area contributed by atoms with Crippen molar-refractivity contribution in [2.45, 2.75) is 19.9 Å². The van der Waals surface area contributed by atoms with E-state index in [1.807, 2.05) is 36.1 Å². The molecule has 5 nitrogen and oxygen atoms in total. The van der Waals surface area contributed by atoms with Crippen molar-refractivity contribution < 1.29 is 9.59 Å². The van der Waals surface area contributed by atoms with Crippen LogP contribution in [0, 0.1) is 0 Å². The van der Waals surface area contributed by atoms with Crippen LogP contribution in [0.2, 0.25) is 0 Å². The zero-order valence-corrected chi connectivity index (χ0v) is 14.6. The van der Waals surface area contributed by atoms with Crippen molar-refractivity contribution in [2.24, 2.45) is 0 Å². The highest BCUT2D eigenvalue weighted by Gasteiger charge is 2.21. The number of carbonyl (C=O) groups is 2. The van der Waals surface area contributed by atoms with Gasteiger partial charge in [-0.05, 0) is 18.6 Å². The number of nitrogens with zero attached hydrogens (tertiary/aromatic N) is 2. The summed E-state index contributed by atoms with van der Waals surface area (Å²) in [6, 6.07) is 7.85. The number of amides is 2. The predicted molar refractivity (Wildman–Crippen MR) is 89.4 cm³/mol. The minimum absolute atomic E-state index is 0.0135. The average molecular weight is 368 g/mol. The molecule has 22 heavy (non-hydrogen) atoms. The third-order valence-corrected chi connectivity index (χ3v) is 4.66. The van der Waals surface area contributed by atoms with Gasteiger partial charge in [-0.2, -0.15) is 0 Å². The van der Waals surface area contributed by atoms with Gasteiger partial charge in [0.15, 0.2) is 0 Å². The van der Waals surface area contributed by atoms with Crippen LogP contribution >= 0.6 is 15.9 Å². The Labute approximate surface area is 139 Å². The molecule has 0 aliphatic carbocycles. The summed E-state index contributed by atoms with van der Waals surface area (Å²) in [5, 5.41) is 3.03. The van der Waals surface area contributed by atoms with Crippen molar-refractivity contribution in [1.29, 1.82) is 0 Å². The zero-order chi connectivity index (χ0) is 16.1. The molecule has 0 aromatic heterocycles. The van der Waals surface area contributed by atoms with Gasteiger partial charge in [0, 0.05) is 37.6 Å². The van der Waals surface area contributed by atoms with E-state index in [4.69, 9.17) is 0 Å². The van der Waals surface area contributed by atoms with Crippen molar-refractivity contribution in [2.75, 3.05) is 32.7 Å². The van der Waals surface area contributed by atoms with Crippen LogP contribution in [-0.4, -0.2) is 54.3 Å². The Balaban J connectivity index is 1.81. The summed E-state index contributed by atoms with van der Waals surface area (Å²) in [6.45, 7) is 6.83. The maximum absolute atomic E-state index is 12.2. The molecular formula is C16H22BrN3O2. The normalized spacial score (nSPS) is 17.1. The van der Waals surface area contributed by atoms with E-state index in [-0.39, 0.29) is 17.9 Å². The first-order valence-corrected chi connectivity index (χ1v) is 8.28. The Morgan fingerprint density at radius 1 is 1.23 bits per heavy atom. The molecule has 0 saturated carbocycles. The van der Waals surface area contributed by atoms with Gasteiger partial charge in [0.05, 0.1) is 12.6 Å². The van der Waals surface area contributed by atoms with Crippen LogP contribution in [-0.2, 0) is 9.59 Å². The molecule has 2 rings (SSSR count). The molecule has 0 radical (unpaired) electrons. The highest BCUT2D eigenvalue weighted by molar-refractivity contribution is 9.10. The molecule has 0 unspecified atom stereocenters. The molecule has 1 aliphatic rings. The van der Waals surface area contributed by atoms with Crippen molar-refractivity contribution in [3.8, 4) is 0 Å². The number of nitrogens with one attached hydrogen (secondary N) is 1. The first-order chi connectivity index (χ1) is 10.5. The van der Waals surface area contributed by atoms with E-state index >= 15 is 0 Å². The first kappa shape index (κ1) is 17.0. The molecule has 0 bridgehead atoms. The number of rotatable bonds is 4. The zero-order valence-electron chi connectivity index (χ0n) is 13.0. The minimum atomic E-state index is -0.0402. The van der Waals surface area contributed by atoms with Gasteiger partial charge in [-0.1, -0.05) is 34.1 Å². The highest BCUT2D eigenvalue weighted by atomic mass is 79.9. The lowest BCUT2D eigenvalue weighted by molar-refractivity contribution is -0.131. The van der Waals surface area contributed by atoms with E-state index in [1.54, 1.807) is 6.92 Å². The molecule has 1 saturated heterocycles. The lowest BCUT2D eigenvalue weighted by atomic mass is 10.1. The molecule has 1 atom stereocenters. The molecule has 1 aromatic rings. The molecule has 120 valence electrons. The summed E-state index contributed by atoms with van der Waals surface area (Å²) >= 11 is 3.51. The Hall–Kier alpha value is -1.40. The van der Waals surface area contributed by atoms with Gasteiger partial charge in [0.1, 0.15) is 0 Å². The van der Waals surface area contributed by atoms with Crippen molar-refractivity contribution in [1.82, 2.24) is 15.1 Å². The third-order valence-electron chi connectivity index (χ3n) is 3.93. The molecule has 1 aromatic carbocycles. The van der Waals surface area contributed by atoms with Gasteiger partial charge >= 0.3 is 0 Å². The lowest BCUT2D eigenvalue weighted by Gasteiger charge is -2.33. The van der Waals surface area contributed by atoms with E-state index in [0.29, 0.717) is 19.6 Å². The van der Waals surface area contributed by atoms with Crippen LogP contribution < -0.4 is 5.32 Å². The Kier molecular flexibility index (Phi) is 5.97. The lowest BCUT2D eigenvalue weighted by Crippen LogP contribution is -2.50. The summed E-state index contributed by atoms with van der Waals surface area (Å²) in [5.41, 5.74) is 1.07. The molecule has 6 heteroatoms. The predicted octanol–water partition coefficient (Wildman–Crippen LogP) is 1.79. The van der Waals surface area contributed by atoms with Crippen LogP contribution in [0.25, 0.3) is 0 Å². The molecular weight excluding hydrogens is 346 g/mol. The summed E-state index contributed by atoms with van der Waals surface area (Å²) in [7, 11) is 0. The summed E-state index contributed by atoms with van der Waals surface area (Å²) < 4.78 is 0.998. The fraction of sp³-hybridized carbons (Fsp3) is 0.500. The summed E-state index contributed by atoms with van der Waals surface area (Å²) in [4.78, 5) is 27.4. The van der Waals surface area contributed by atoms with Crippen molar-refractivity contribution in [3.63, 3.8) is 0 Å². The Bertz CT molecular complexity index is 542. The molecule has 0 spiro atoms. The highest BCUT2D eigenvalue weighted by Crippen LogP contribution is 2.22. The van der Waals surface area contributed by atoms with E-state index in [1.165, 1.54) is 0 Å². The first-order valence-electron chi connectivity index (χ1n) is 7.49. The smallest absolute Gasteiger partial charge is 0.234 e. The number of benzene rings is 1. The molecule has 1 heterocycles. The largest absolute Gasteiger partial charge is 0.348 e. The van der Waals surface area contributed by atoms with E-state index < -0.39 is 0 Å². The maximum Gasteiger partial charge on any atom is 0.234 e. The molecule has 1 N–H and O–H groups in total. The van der Waals surface area contributed by atoms with Crippen molar-refractivity contribution in [3.05, 3.63) is 34.3 Å². The summed E-state index contributed by atoms with van der Waals surface area (Å²) in [6.07, 6.45) is 0. The van der Waals surface area contributed by atoms with Crippen LogP contribution in [0.15, 0.2) is 28.7 Å². The number of halogens is 1. The quantitative estimate of drug-likeness (QED) is 0.882. The van der Waals surface area contributed by atoms with Gasteiger partial charge in [0.25, 0.3) is 0 Å². The monoisotopic (exact) mass is 367 g/mol. The Morgan fingerprint density at radius 3 is 2.45 bits per heavy atom. The number of hydrogen-bond acceptors (Lipinski definition) is 3. The van der Waals surface area contributed by atoms with E-state index in [0.717, 1.165) is 23.1 Å². The van der Waals surface area contributed by atoms with Gasteiger partial charge in [-0.25, -0.2) is 0 Å². The van der Waals surface area contributed by atoms with Crippen LogP contribution in [0.4, 0.5) is 0 Å². The van der Waals surface area contributed by atoms with Gasteiger partial charge < -0.3 is 10.2 Å². The third kappa shape index (κ3) is 4.55. The van der Waals surface area contributed by atoms with Gasteiger partial charge in [0.2, 0.25) is 11.8 Å². The van der Waals surface area contributed by atoms with Gasteiger partial charge in [-0.15, -0.1) is 0 Å². The van der Waals surface area contributed by atoms with E-state index in [9.17, 15) is 9.59 Å². The second-order valence-electron chi connectivity index (χ2n) is 5.59. The van der Waals surface area contributed by atoms with Crippen molar-refractivity contribution >= 4 is 27.7 Å². The fourth-order valence-corrected chi connectivity index (χ4v) is 3.24. The molecule has 1 fully saturated rings. The van der Waals surface area contributed by atoms with E-state index in [2.05, 4.69) is 26.1 Å². The second-order valence-corrected chi connectivity index (χ2v) is 6.45. The molecule has 1 aliphatic heterocycles. The standard InChI is InChI=1S/C16H22BrN3O2/c1-12(14-5-3-4-6-15(14)17)18-16(22)11-19-7-9-20(10-8-19)13(2)21/h3-6,12H,7-11H2,1-2H3,(H,18,22)/t12-/m0/s1.